The number of halogens is 1. The summed E-state index contributed by atoms with van der Waals surface area (Å²) in [6.45, 7) is -0.675. The van der Waals surface area contributed by atoms with E-state index in [2.05, 4.69) is 0 Å². The smallest absolute Gasteiger partial charge is 0.335 e. The van der Waals surface area contributed by atoms with E-state index in [9.17, 15) is 9.18 Å². The Hall–Kier alpha value is -2.16. The molecule has 2 rings (SSSR count). The summed E-state index contributed by atoms with van der Waals surface area (Å²) < 4.78 is 12.9. The Bertz CT molecular complexity index is 535. The molecular formula is C14H11FO2. The summed E-state index contributed by atoms with van der Waals surface area (Å²) in [6, 6.07) is 13.9. The molecular weight excluding hydrogens is 219 g/mol. The van der Waals surface area contributed by atoms with Crippen LogP contribution < -0.4 is 0 Å². The highest BCUT2D eigenvalue weighted by atomic mass is 19.1. The van der Waals surface area contributed by atoms with Gasteiger partial charge < -0.3 is 5.11 Å². The standard InChI is InChI=1S/C14H11FO2/c15-9-12-8-11(14(16)17)6-7-13(12)10-4-2-1-3-5-10/h1-8H,9H2,(H,16,17). The van der Waals surface area contributed by atoms with E-state index >= 15 is 0 Å². The van der Waals surface area contributed by atoms with E-state index in [-0.39, 0.29) is 5.56 Å². The van der Waals surface area contributed by atoms with Crippen LogP contribution in [0.2, 0.25) is 0 Å². The third-order valence-electron chi connectivity index (χ3n) is 2.58. The predicted octanol–water partition coefficient (Wildman–Crippen LogP) is 3.52. The molecule has 17 heavy (non-hydrogen) atoms. The molecule has 0 aliphatic rings. The van der Waals surface area contributed by atoms with Gasteiger partial charge in [-0.3, -0.25) is 0 Å². The van der Waals surface area contributed by atoms with E-state index in [4.69, 9.17) is 5.11 Å². The number of alkyl halides is 1. The summed E-state index contributed by atoms with van der Waals surface area (Å²) in [6.07, 6.45) is 0. The molecule has 0 amide bonds. The zero-order valence-corrected chi connectivity index (χ0v) is 9.06. The first kappa shape index (κ1) is 11.3. The van der Waals surface area contributed by atoms with Gasteiger partial charge in [0, 0.05) is 0 Å². The zero-order chi connectivity index (χ0) is 12.3. The van der Waals surface area contributed by atoms with Gasteiger partial charge in [-0.15, -0.1) is 0 Å². The van der Waals surface area contributed by atoms with E-state index in [1.54, 1.807) is 6.07 Å². The number of benzene rings is 2. The lowest BCUT2D eigenvalue weighted by Crippen LogP contribution is -1.98. The van der Waals surface area contributed by atoms with Gasteiger partial charge >= 0.3 is 5.97 Å². The molecule has 0 saturated heterocycles. The van der Waals surface area contributed by atoms with Crippen molar-refractivity contribution in [1.29, 1.82) is 0 Å². The molecule has 0 unspecified atom stereocenters. The Morgan fingerprint density at radius 3 is 2.41 bits per heavy atom. The second-order valence-electron chi connectivity index (χ2n) is 3.68. The third kappa shape index (κ3) is 2.33. The van der Waals surface area contributed by atoms with Crippen molar-refractivity contribution in [3.8, 4) is 11.1 Å². The van der Waals surface area contributed by atoms with Crippen molar-refractivity contribution in [2.75, 3.05) is 0 Å². The van der Waals surface area contributed by atoms with Crippen LogP contribution >= 0.6 is 0 Å². The van der Waals surface area contributed by atoms with Gasteiger partial charge in [-0.1, -0.05) is 36.4 Å². The van der Waals surface area contributed by atoms with Crippen LogP contribution in [0.3, 0.4) is 0 Å². The monoisotopic (exact) mass is 230 g/mol. The molecule has 86 valence electrons. The Morgan fingerprint density at radius 1 is 1.12 bits per heavy atom. The van der Waals surface area contributed by atoms with Crippen LogP contribution in [0.25, 0.3) is 11.1 Å². The van der Waals surface area contributed by atoms with Crippen molar-refractivity contribution >= 4 is 5.97 Å². The number of rotatable bonds is 3. The van der Waals surface area contributed by atoms with Crippen LogP contribution in [0.4, 0.5) is 4.39 Å². The summed E-state index contributed by atoms with van der Waals surface area (Å²) in [5, 5.41) is 8.84. The van der Waals surface area contributed by atoms with Gasteiger partial charge in [0.05, 0.1) is 5.56 Å². The van der Waals surface area contributed by atoms with E-state index < -0.39 is 12.6 Å². The Morgan fingerprint density at radius 2 is 1.82 bits per heavy atom. The van der Waals surface area contributed by atoms with Crippen LogP contribution in [0.1, 0.15) is 15.9 Å². The van der Waals surface area contributed by atoms with Crippen molar-refractivity contribution in [3.05, 3.63) is 59.7 Å². The minimum absolute atomic E-state index is 0.109. The molecule has 0 aromatic heterocycles. The topological polar surface area (TPSA) is 37.3 Å². The average molecular weight is 230 g/mol. The SMILES string of the molecule is O=C(O)c1ccc(-c2ccccc2)c(CF)c1. The van der Waals surface area contributed by atoms with Crippen LogP contribution in [-0.2, 0) is 6.67 Å². The van der Waals surface area contributed by atoms with Crippen molar-refractivity contribution in [2.24, 2.45) is 0 Å². The molecule has 0 radical (unpaired) electrons. The van der Waals surface area contributed by atoms with E-state index in [1.807, 2.05) is 30.3 Å². The van der Waals surface area contributed by atoms with Crippen LogP contribution in [-0.4, -0.2) is 11.1 Å². The number of carboxylic acid groups (broad SMARTS) is 1. The molecule has 0 aliphatic carbocycles. The molecule has 3 heteroatoms. The maximum Gasteiger partial charge on any atom is 0.335 e. The summed E-state index contributed by atoms with van der Waals surface area (Å²) >= 11 is 0. The molecule has 2 nitrogen and oxygen atoms in total. The number of aromatic carboxylic acids is 1. The number of carboxylic acids is 1. The summed E-state index contributed by atoms with van der Waals surface area (Å²) in [4.78, 5) is 10.8. The van der Waals surface area contributed by atoms with E-state index in [0.29, 0.717) is 5.56 Å². The lowest BCUT2D eigenvalue weighted by atomic mass is 9.98. The van der Waals surface area contributed by atoms with Gasteiger partial charge in [0.2, 0.25) is 0 Å². The molecule has 0 heterocycles. The van der Waals surface area contributed by atoms with E-state index in [0.717, 1.165) is 11.1 Å². The van der Waals surface area contributed by atoms with Crippen molar-refractivity contribution in [1.82, 2.24) is 0 Å². The summed E-state index contributed by atoms with van der Waals surface area (Å²) in [7, 11) is 0. The highest BCUT2D eigenvalue weighted by molar-refractivity contribution is 5.89. The van der Waals surface area contributed by atoms with Gasteiger partial charge in [-0.2, -0.15) is 0 Å². The minimum Gasteiger partial charge on any atom is -0.478 e. The third-order valence-corrected chi connectivity index (χ3v) is 2.58. The lowest BCUT2D eigenvalue weighted by molar-refractivity contribution is 0.0697. The first-order valence-electron chi connectivity index (χ1n) is 5.20. The minimum atomic E-state index is -1.04. The fraction of sp³-hybridized carbons (Fsp3) is 0.0714. The molecule has 1 N–H and O–H groups in total. The Balaban J connectivity index is 2.52. The summed E-state index contributed by atoms with van der Waals surface area (Å²) in [5.41, 5.74) is 2.13. The van der Waals surface area contributed by atoms with Gasteiger partial charge in [0.25, 0.3) is 0 Å². The molecule has 0 saturated carbocycles. The van der Waals surface area contributed by atoms with Crippen molar-refractivity contribution in [3.63, 3.8) is 0 Å². The van der Waals surface area contributed by atoms with Gasteiger partial charge in [-0.25, -0.2) is 9.18 Å². The molecule has 0 atom stereocenters. The molecule has 0 bridgehead atoms. The van der Waals surface area contributed by atoms with Crippen LogP contribution in [0.5, 0.6) is 0 Å². The second kappa shape index (κ2) is 4.78. The Kier molecular flexibility index (Phi) is 3.19. The molecule has 0 spiro atoms. The van der Waals surface area contributed by atoms with Crippen LogP contribution in [0.15, 0.2) is 48.5 Å². The molecule has 0 fully saturated rings. The quantitative estimate of drug-likeness (QED) is 0.875. The largest absolute Gasteiger partial charge is 0.478 e. The molecule has 2 aromatic rings. The predicted molar refractivity (Wildman–Crippen MR) is 63.6 cm³/mol. The highest BCUT2D eigenvalue weighted by Crippen LogP contribution is 2.25. The average Bonchev–Trinajstić information content (AvgIpc) is 2.39. The molecule has 0 aliphatic heterocycles. The zero-order valence-electron chi connectivity index (χ0n) is 9.06. The van der Waals surface area contributed by atoms with Crippen LogP contribution in [0, 0.1) is 0 Å². The Labute approximate surface area is 98.3 Å². The number of carbonyl (C=O) groups is 1. The first-order chi connectivity index (χ1) is 8.22. The normalized spacial score (nSPS) is 10.2. The number of hydrogen-bond acceptors (Lipinski definition) is 1. The van der Waals surface area contributed by atoms with Crippen molar-refractivity contribution in [2.45, 2.75) is 6.67 Å². The van der Waals surface area contributed by atoms with Crippen molar-refractivity contribution < 1.29 is 14.3 Å². The fourth-order valence-corrected chi connectivity index (χ4v) is 1.74. The first-order valence-corrected chi connectivity index (χ1v) is 5.20. The molecule has 2 aromatic carbocycles. The fourth-order valence-electron chi connectivity index (χ4n) is 1.74. The van der Waals surface area contributed by atoms with E-state index in [1.165, 1.54) is 12.1 Å². The number of hydrogen-bond donors (Lipinski definition) is 1. The summed E-state index contributed by atoms with van der Waals surface area (Å²) in [5.74, 6) is -1.04. The lowest BCUT2D eigenvalue weighted by Gasteiger charge is -2.07. The van der Waals surface area contributed by atoms with Gasteiger partial charge in [-0.05, 0) is 28.8 Å². The second-order valence-corrected chi connectivity index (χ2v) is 3.68. The van der Waals surface area contributed by atoms with Gasteiger partial charge in [0.15, 0.2) is 0 Å². The maximum absolute atomic E-state index is 12.9. The maximum atomic E-state index is 12.9. The highest BCUT2D eigenvalue weighted by Gasteiger charge is 2.09. The van der Waals surface area contributed by atoms with Gasteiger partial charge in [0.1, 0.15) is 6.67 Å².